The third kappa shape index (κ3) is 2.38. The van der Waals surface area contributed by atoms with Gasteiger partial charge in [-0.3, -0.25) is 0 Å². The van der Waals surface area contributed by atoms with Gasteiger partial charge in [-0.05, 0) is 20.8 Å². The van der Waals surface area contributed by atoms with Crippen LogP contribution in [0.4, 0.5) is 10.1 Å². The zero-order valence-corrected chi connectivity index (χ0v) is 11.8. The second-order valence-corrected chi connectivity index (χ2v) is 4.55. The molecule has 0 amide bonds. The Morgan fingerprint density at radius 3 is 2.63 bits per heavy atom. The molecule has 1 aromatic heterocycles. The van der Waals surface area contributed by atoms with E-state index in [1.54, 1.807) is 18.5 Å². The highest BCUT2D eigenvalue weighted by atomic mass is 35.5. The molecule has 2 rings (SSSR count). The number of anilines is 1. The Hall–Kier alpha value is -1.75. The van der Waals surface area contributed by atoms with E-state index >= 15 is 0 Å². The van der Waals surface area contributed by atoms with E-state index in [0.717, 1.165) is 5.69 Å². The summed E-state index contributed by atoms with van der Waals surface area (Å²) < 4.78 is 20.5. The van der Waals surface area contributed by atoms with Crippen LogP contribution < -0.4 is 10.5 Å². The van der Waals surface area contributed by atoms with Crippen molar-refractivity contribution in [1.82, 2.24) is 9.78 Å². The van der Waals surface area contributed by atoms with Crippen molar-refractivity contribution in [3.05, 3.63) is 34.4 Å². The average molecular weight is 284 g/mol. The first kappa shape index (κ1) is 13.7. The van der Waals surface area contributed by atoms with Gasteiger partial charge in [0, 0.05) is 12.1 Å². The van der Waals surface area contributed by atoms with Gasteiger partial charge in [0.25, 0.3) is 0 Å². The molecule has 0 radical (unpaired) electrons. The van der Waals surface area contributed by atoms with E-state index < -0.39 is 5.82 Å². The topological polar surface area (TPSA) is 53.1 Å². The lowest BCUT2D eigenvalue weighted by Crippen LogP contribution is -2.06. The number of benzene rings is 1. The highest BCUT2D eigenvalue weighted by molar-refractivity contribution is 6.31. The van der Waals surface area contributed by atoms with E-state index in [1.807, 2.05) is 6.92 Å². The van der Waals surface area contributed by atoms with E-state index in [0.29, 0.717) is 23.0 Å². The Kier molecular flexibility index (Phi) is 3.66. The number of hydrogen-bond donors (Lipinski definition) is 1. The zero-order chi connectivity index (χ0) is 14.2. The van der Waals surface area contributed by atoms with Gasteiger partial charge in [0.15, 0.2) is 11.6 Å². The number of nitrogens with two attached hydrogens (primary N) is 1. The zero-order valence-electron chi connectivity index (χ0n) is 11.0. The van der Waals surface area contributed by atoms with Crippen molar-refractivity contribution in [2.45, 2.75) is 20.8 Å². The predicted molar refractivity (Wildman–Crippen MR) is 73.6 cm³/mol. The first-order chi connectivity index (χ1) is 8.95. The van der Waals surface area contributed by atoms with Crippen LogP contribution in [-0.4, -0.2) is 16.4 Å². The minimum atomic E-state index is -0.490. The van der Waals surface area contributed by atoms with Crippen molar-refractivity contribution in [3.63, 3.8) is 0 Å². The molecule has 0 aliphatic carbocycles. The highest BCUT2D eigenvalue weighted by Gasteiger charge is 2.16. The molecule has 4 nitrogen and oxygen atoms in total. The molecule has 0 fully saturated rings. The number of nitrogen functional groups attached to an aromatic ring is 1. The maximum absolute atomic E-state index is 13.7. The molecule has 0 spiro atoms. The standard InChI is InChI=1S/C13H15ClFN3O/c1-4-19-12-6-11(10(16)5-9(12)15)18-8(3)13(14)7(2)17-18/h5-6H,4,16H2,1-3H3. The quantitative estimate of drug-likeness (QED) is 0.880. The molecule has 1 heterocycles. The second kappa shape index (κ2) is 5.09. The number of ether oxygens (including phenoxy) is 1. The molecule has 2 aromatic rings. The summed E-state index contributed by atoms with van der Waals surface area (Å²) in [5, 5.41) is 4.87. The molecule has 1 aromatic carbocycles. The summed E-state index contributed by atoms with van der Waals surface area (Å²) in [4.78, 5) is 0. The number of aryl methyl sites for hydroxylation is 1. The van der Waals surface area contributed by atoms with Crippen molar-refractivity contribution < 1.29 is 9.13 Å². The molecule has 2 N–H and O–H groups in total. The average Bonchev–Trinajstić information content (AvgIpc) is 2.61. The van der Waals surface area contributed by atoms with Crippen molar-refractivity contribution >= 4 is 17.3 Å². The smallest absolute Gasteiger partial charge is 0.167 e. The van der Waals surface area contributed by atoms with Crippen molar-refractivity contribution in [2.24, 2.45) is 0 Å². The number of rotatable bonds is 3. The molecule has 0 aliphatic heterocycles. The van der Waals surface area contributed by atoms with Crippen LogP contribution in [0.2, 0.25) is 5.02 Å². The minimum absolute atomic E-state index is 0.148. The van der Waals surface area contributed by atoms with Gasteiger partial charge < -0.3 is 10.5 Å². The third-order valence-electron chi connectivity index (χ3n) is 2.81. The predicted octanol–water partition coefficient (Wildman–Crippen LogP) is 3.26. The first-order valence-electron chi connectivity index (χ1n) is 5.89. The Labute approximate surface area is 115 Å². The van der Waals surface area contributed by atoms with Crippen molar-refractivity contribution in [1.29, 1.82) is 0 Å². The van der Waals surface area contributed by atoms with Gasteiger partial charge in [0.05, 0.1) is 34.4 Å². The molecule has 6 heteroatoms. The maximum atomic E-state index is 13.7. The molecule has 102 valence electrons. The van der Waals surface area contributed by atoms with Crippen LogP contribution in [0.25, 0.3) is 5.69 Å². The largest absolute Gasteiger partial charge is 0.491 e. The van der Waals surface area contributed by atoms with Crippen LogP contribution >= 0.6 is 11.6 Å². The second-order valence-electron chi connectivity index (χ2n) is 4.17. The van der Waals surface area contributed by atoms with Crippen molar-refractivity contribution in [2.75, 3.05) is 12.3 Å². The summed E-state index contributed by atoms with van der Waals surface area (Å²) in [5.74, 6) is -0.342. The maximum Gasteiger partial charge on any atom is 0.167 e. The lowest BCUT2D eigenvalue weighted by atomic mass is 10.2. The van der Waals surface area contributed by atoms with Crippen LogP contribution in [0.5, 0.6) is 5.75 Å². The molecule has 0 bridgehead atoms. The Morgan fingerprint density at radius 2 is 2.11 bits per heavy atom. The monoisotopic (exact) mass is 283 g/mol. The molecule has 0 aliphatic rings. The summed E-state index contributed by atoms with van der Waals surface area (Å²) in [7, 11) is 0. The highest BCUT2D eigenvalue weighted by Crippen LogP contribution is 2.30. The number of aromatic nitrogens is 2. The molecule has 0 saturated carbocycles. The fourth-order valence-corrected chi connectivity index (χ4v) is 1.98. The van der Waals surface area contributed by atoms with Crippen LogP contribution in [0.1, 0.15) is 18.3 Å². The van der Waals surface area contributed by atoms with Crippen LogP contribution in [0.15, 0.2) is 12.1 Å². The van der Waals surface area contributed by atoms with Crippen LogP contribution in [0, 0.1) is 19.7 Å². The van der Waals surface area contributed by atoms with Gasteiger partial charge in [-0.1, -0.05) is 11.6 Å². The van der Waals surface area contributed by atoms with Gasteiger partial charge in [-0.15, -0.1) is 0 Å². The lowest BCUT2D eigenvalue weighted by molar-refractivity contribution is 0.321. The van der Waals surface area contributed by atoms with E-state index in [9.17, 15) is 4.39 Å². The molecule has 0 atom stereocenters. The molecular weight excluding hydrogens is 269 g/mol. The van der Waals surface area contributed by atoms with E-state index in [4.69, 9.17) is 22.1 Å². The number of hydrogen-bond acceptors (Lipinski definition) is 3. The number of nitrogens with zero attached hydrogens (tertiary/aromatic N) is 2. The number of halogens is 2. The summed E-state index contributed by atoms with van der Waals surface area (Å²) in [6, 6.07) is 2.76. The first-order valence-corrected chi connectivity index (χ1v) is 6.27. The lowest BCUT2D eigenvalue weighted by Gasteiger charge is -2.12. The Morgan fingerprint density at radius 1 is 1.42 bits per heavy atom. The van der Waals surface area contributed by atoms with E-state index in [-0.39, 0.29) is 11.4 Å². The summed E-state index contributed by atoms with van der Waals surface area (Å²) in [6.45, 7) is 5.79. The summed E-state index contributed by atoms with van der Waals surface area (Å²) >= 11 is 6.10. The SMILES string of the molecule is CCOc1cc(-n2nc(C)c(Cl)c2C)c(N)cc1F. The van der Waals surface area contributed by atoms with Gasteiger partial charge >= 0.3 is 0 Å². The van der Waals surface area contributed by atoms with Crippen molar-refractivity contribution in [3.8, 4) is 11.4 Å². The summed E-state index contributed by atoms with van der Waals surface area (Å²) in [6.07, 6.45) is 0. The molecule has 0 unspecified atom stereocenters. The minimum Gasteiger partial charge on any atom is -0.491 e. The fourth-order valence-electron chi connectivity index (χ4n) is 1.87. The molecular formula is C13H15ClFN3O. The Bertz CT molecular complexity index is 625. The van der Waals surface area contributed by atoms with Gasteiger partial charge in [-0.25, -0.2) is 9.07 Å². The van der Waals surface area contributed by atoms with Crippen LogP contribution in [-0.2, 0) is 0 Å². The normalized spacial score (nSPS) is 10.8. The van der Waals surface area contributed by atoms with Gasteiger partial charge in [0.1, 0.15) is 0 Å². The van der Waals surface area contributed by atoms with Gasteiger partial charge in [0.2, 0.25) is 0 Å². The molecule has 0 saturated heterocycles. The summed E-state index contributed by atoms with van der Waals surface area (Å²) in [5.41, 5.74) is 8.13. The van der Waals surface area contributed by atoms with E-state index in [2.05, 4.69) is 5.10 Å². The third-order valence-corrected chi connectivity index (χ3v) is 3.36. The van der Waals surface area contributed by atoms with Crippen LogP contribution in [0.3, 0.4) is 0 Å². The van der Waals surface area contributed by atoms with E-state index in [1.165, 1.54) is 12.1 Å². The molecule has 19 heavy (non-hydrogen) atoms. The Balaban J connectivity index is 2.61. The van der Waals surface area contributed by atoms with Gasteiger partial charge in [-0.2, -0.15) is 5.10 Å². The fraction of sp³-hybridized carbons (Fsp3) is 0.308.